The highest BCUT2D eigenvalue weighted by molar-refractivity contribution is 6.36. The van der Waals surface area contributed by atoms with E-state index in [-0.39, 0.29) is 0 Å². The third kappa shape index (κ3) is 5.00. The van der Waals surface area contributed by atoms with Gasteiger partial charge in [-0.15, -0.1) is 0 Å². The van der Waals surface area contributed by atoms with Crippen LogP contribution in [0, 0.1) is 0 Å². The summed E-state index contributed by atoms with van der Waals surface area (Å²) in [6.45, 7) is 0. The maximum atomic E-state index is 6.47. The highest BCUT2D eigenvalue weighted by atomic mass is 35.5. The fraction of sp³-hybridized carbons (Fsp3) is 0. The fourth-order valence-electron chi connectivity index (χ4n) is 5.13. The van der Waals surface area contributed by atoms with E-state index >= 15 is 0 Å². The van der Waals surface area contributed by atoms with Gasteiger partial charge in [0, 0.05) is 27.1 Å². The van der Waals surface area contributed by atoms with Crippen molar-refractivity contribution in [2.24, 2.45) is 0 Å². The summed E-state index contributed by atoms with van der Waals surface area (Å²) in [6.07, 6.45) is 0. The minimum atomic E-state index is 0.631. The van der Waals surface area contributed by atoms with Gasteiger partial charge < -0.3 is 0 Å². The number of hydrogen-bond donors (Lipinski definition) is 0. The van der Waals surface area contributed by atoms with Crippen LogP contribution in [0.25, 0.3) is 67.2 Å². The Labute approximate surface area is 243 Å². The number of nitrogens with zero attached hydrogens (tertiary/aromatic N) is 3. The molecule has 0 saturated heterocycles. The van der Waals surface area contributed by atoms with Gasteiger partial charge in [-0.2, -0.15) is 0 Å². The molecule has 0 aliphatic heterocycles. The first-order valence-corrected chi connectivity index (χ1v) is 13.9. The molecule has 0 spiro atoms. The van der Waals surface area contributed by atoms with Crippen molar-refractivity contribution < 1.29 is 0 Å². The zero-order chi connectivity index (χ0) is 27.6. The average Bonchev–Trinajstić information content (AvgIpc) is 3.06. The summed E-state index contributed by atoms with van der Waals surface area (Å²) in [7, 11) is 0. The van der Waals surface area contributed by atoms with E-state index in [0.29, 0.717) is 17.5 Å². The molecule has 0 unspecified atom stereocenters. The SMILES string of the molecule is Clc1ccc(-c2ccc(-c3nc(-c4ccccc4)nc(-c4cccc(-c5ccccc5)c4)n3)cc2)c2ccccc12. The third-order valence-corrected chi connectivity index (χ3v) is 7.55. The first-order valence-electron chi connectivity index (χ1n) is 13.5. The standard InChI is InChI=1S/C37H24ClN3/c38-34-23-22-31(32-16-7-8-17-33(32)34)26-18-20-28(21-19-26)36-39-35(27-12-5-2-6-13-27)40-37(41-36)30-15-9-14-29(24-30)25-10-3-1-4-11-25/h1-24H. The molecule has 0 fully saturated rings. The summed E-state index contributed by atoms with van der Waals surface area (Å²) < 4.78 is 0. The minimum absolute atomic E-state index is 0.631. The van der Waals surface area contributed by atoms with E-state index in [1.807, 2.05) is 66.7 Å². The van der Waals surface area contributed by atoms with Crippen LogP contribution in [0.4, 0.5) is 0 Å². The van der Waals surface area contributed by atoms with E-state index in [4.69, 9.17) is 26.6 Å². The number of aromatic nitrogens is 3. The molecular weight excluding hydrogens is 522 g/mol. The van der Waals surface area contributed by atoms with Gasteiger partial charge in [0.05, 0.1) is 0 Å². The molecule has 7 rings (SSSR count). The Hall–Kier alpha value is -5.12. The second-order valence-electron chi connectivity index (χ2n) is 9.84. The molecular formula is C37H24ClN3. The zero-order valence-corrected chi connectivity index (χ0v) is 22.8. The fourth-order valence-corrected chi connectivity index (χ4v) is 5.36. The molecule has 4 heteroatoms. The highest BCUT2D eigenvalue weighted by Gasteiger charge is 2.14. The molecule has 0 atom stereocenters. The molecule has 0 radical (unpaired) electrons. The largest absolute Gasteiger partial charge is 0.208 e. The number of hydrogen-bond acceptors (Lipinski definition) is 3. The lowest BCUT2D eigenvalue weighted by Gasteiger charge is -2.11. The van der Waals surface area contributed by atoms with Crippen LogP contribution in [-0.4, -0.2) is 15.0 Å². The van der Waals surface area contributed by atoms with Crippen molar-refractivity contribution in [1.29, 1.82) is 0 Å². The van der Waals surface area contributed by atoms with Gasteiger partial charge in [0.15, 0.2) is 17.5 Å². The van der Waals surface area contributed by atoms with Crippen LogP contribution in [0.2, 0.25) is 5.02 Å². The first kappa shape index (κ1) is 24.9. The summed E-state index contributed by atoms with van der Waals surface area (Å²) in [5.41, 5.74) is 7.32. The maximum Gasteiger partial charge on any atom is 0.164 e. The molecule has 0 N–H and O–H groups in total. The molecule has 7 aromatic rings. The second-order valence-corrected chi connectivity index (χ2v) is 10.2. The molecule has 3 nitrogen and oxygen atoms in total. The quantitative estimate of drug-likeness (QED) is 0.216. The van der Waals surface area contributed by atoms with E-state index in [1.54, 1.807) is 0 Å². The lowest BCUT2D eigenvalue weighted by atomic mass is 9.97. The zero-order valence-electron chi connectivity index (χ0n) is 22.1. The summed E-state index contributed by atoms with van der Waals surface area (Å²) in [4.78, 5) is 14.8. The first-order chi connectivity index (χ1) is 20.2. The molecule has 0 aliphatic carbocycles. The molecule has 6 aromatic carbocycles. The van der Waals surface area contributed by atoms with Crippen molar-refractivity contribution in [3.63, 3.8) is 0 Å². The Morgan fingerprint density at radius 2 is 0.829 bits per heavy atom. The molecule has 0 bridgehead atoms. The van der Waals surface area contributed by atoms with Crippen LogP contribution in [0.1, 0.15) is 0 Å². The van der Waals surface area contributed by atoms with Gasteiger partial charge in [-0.3, -0.25) is 0 Å². The topological polar surface area (TPSA) is 38.7 Å². The van der Waals surface area contributed by atoms with E-state index < -0.39 is 0 Å². The predicted octanol–water partition coefficient (Wildman–Crippen LogP) is 10.0. The van der Waals surface area contributed by atoms with E-state index in [1.165, 1.54) is 0 Å². The lowest BCUT2D eigenvalue weighted by Crippen LogP contribution is -2.00. The summed E-state index contributed by atoms with van der Waals surface area (Å²) in [5.74, 6) is 1.91. The summed E-state index contributed by atoms with van der Waals surface area (Å²) in [5, 5.41) is 2.92. The van der Waals surface area contributed by atoms with Gasteiger partial charge in [-0.1, -0.05) is 145 Å². The van der Waals surface area contributed by atoms with Crippen molar-refractivity contribution in [3.8, 4) is 56.4 Å². The Morgan fingerprint density at radius 3 is 1.51 bits per heavy atom. The molecule has 0 amide bonds. The Balaban J connectivity index is 1.33. The van der Waals surface area contributed by atoms with Crippen molar-refractivity contribution in [2.75, 3.05) is 0 Å². The van der Waals surface area contributed by atoms with Crippen molar-refractivity contribution in [1.82, 2.24) is 15.0 Å². The van der Waals surface area contributed by atoms with Crippen molar-refractivity contribution in [2.45, 2.75) is 0 Å². The molecule has 0 aliphatic rings. The smallest absolute Gasteiger partial charge is 0.164 e. The van der Waals surface area contributed by atoms with Crippen LogP contribution in [0.5, 0.6) is 0 Å². The number of rotatable bonds is 5. The normalized spacial score (nSPS) is 11.0. The van der Waals surface area contributed by atoms with E-state index in [0.717, 1.165) is 54.7 Å². The second kappa shape index (κ2) is 10.8. The lowest BCUT2D eigenvalue weighted by molar-refractivity contribution is 1.07. The molecule has 1 aromatic heterocycles. The highest BCUT2D eigenvalue weighted by Crippen LogP contribution is 2.34. The molecule has 41 heavy (non-hydrogen) atoms. The molecule has 1 heterocycles. The van der Waals surface area contributed by atoms with Crippen LogP contribution >= 0.6 is 11.6 Å². The third-order valence-electron chi connectivity index (χ3n) is 7.22. The van der Waals surface area contributed by atoms with Crippen molar-refractivity contribution in [3.05, 3.63) is 151 Å². The number of fused-ring (bicyclic) bond motifs is 1. The van der Waals surface area contributed by atoms with Gasteiger partial charge in [0.2, 0.25) is 0 Å². The van der Waals surface area contributed by atoms with Crippen LogP contribution < -0.4 is 0 Å². The predicted molar refractivity (Wildman–Crippen MR) is 170 cm³/mol. The average molecular weight is 546 g/mol. The molecule has 194 valence electrons. The van der Waals surface area contributed by atoms with Gasteiger partial charge in [0.1, 0.15) is 0 Å². The summed E-state index contributed by atoms with van der Waals surface area (Å²) >= 11 is 6.47. The van der Waals surface area contributed by atoms with Crippen LogP contribution in [0.3, 0.4) is 0 Å². The van der Waals surface area contributed by atoms with Crippen molar-refractivity contribution >= 4 is 22.4 Å². The monoisotopic (exact) mass is 545 g/mol. The summed E-state index contributed by atoms with van der Waals surface area (Å²) in [6, 6.07) is 49.4. The van der Waals surface area contributed by atoms with E-state index in [2.05, 4.69) is 78.9 Å². The Morgan fingerprint density at radius 1 is 0.341 bits per heavy atom. The maximum absolute atomic E-state index is 6.47. The van der Waals surface area contributed by atoms with Crippen LogP contribution in [0.15, 0.2) is 146 Å². The molecule has 0 saturated carbocycles. The number of benzene rings is 6. The van der Waals surface area contributed by atoms with E-state index in [9.17, 15) is 0 Å². The van der Waals surface area contributed by atoms with Gasteiger partial charge in [-0.25, -0.2) is 15.0 Å². The number of halogens is 1. The van der Waals surface area contributed by atoms with Crippen LogP contribution in [-0.2, 0) is 0 Å². The van der Waals surface area contributed by atoms with Gasteiger partial charge in [-0.05, 0) is 39.8 Å². The van der Waals surface area contributed by atoms with Gasteiger partial charge >= 0.3 is 0 Å². The minimum Gasteiger partial charge on any atom is -0.208 e. The Bertz CT molecular complexity index is 1990. The Kier molecular flexibility index (Phi) is 6.56. The van der Waals surface area contributed by atoms with Gasteiger partial charge in [0.25, 0.3) is 0 Å².